The van der Waals surface area contributed by atoms with E-state index in [1.165, 1.54) is 9.75 Å². The summed E-state index contributed by atoms with van der Waals surface area (Å²) < 4.78 is 0. The van der Waals surface area contributed by atoms with Gasteiger partial charge in [-0.2, -0.15) is 0 Å². The van der Waals surface area contributed by atoms with Crippen LogP contribution in [0, 0.1) is 13.8 Å². The molecule has 0 saturated heterocycles. The van der Waals surface area contributed by atoms with Crippen LogP contribution < -0.4 is 0 Å². The fourth-order valence-corrected chi connectivity index (χ4v) is 3.06. The van der Waals surface area contributed by atoms with E-state index >= 15 is 0 Å². The Kier molecular flexibility index (Phi) is 5.69. The van der Waals surface area contributed by atoms with Gasteiger partial charge in [-0.25, -0.2) is 4.98 Å². The summed E-state index contributed by atoms with van der Waals surface area (Å²) >= 11 is 1.74. The highest BCUT2D eigenvalue weighted by molar-refractivity contribution is 7.11. The van der Waals surface area contributed by atoms with Gasteiger partial charge in [0.2, 0.25) is 0 Å². The smallest absolute Gasteiger partial charge is 0.272 e. The SMILES string of the molecule is Cc1cccc(C(=O)N(CCN(C)C)Cc2ccc(C)s2)n1. The molecule has 0 bridgehead atoms. The van der Waals surface area contributed by atoms with Crippen molar-refractivity contribution in [2.24, 2.45) is 0 Å². The first-order valence-electron chi connectivity index (χ1n) is 7.38. The molecule has 0 spiro atoms. The number of pyridine rings is 1. The van der Waals surface area contributed by atoms with Gasteiger partial charge < -0.3 is 9.80 Å². The molecular formula is C17H23N3OS. The lowest BCUT2D eigenvalue weighted by molar-refractivity contribution is 0.0727. The van der Waals surface area contributed by atoms with Crippen molar-refractivity contribution in [3.05, 3.63) is 51.5 Å². The van der Waals surface area contributed by atoms with Gasteiger partial charge >= 0.3 is 0 Å². The second-order valence-electron chi connectivity index (χ2n) is 5.71. The molecule has 0 radical (unpaired) electrons. The molecule has 0 aliphatic carbocycles. The van der Waals surface area contributed by atoms with Gasteiger partial charge in [0.25, 0.3) is 5.91 Å². The van der Waals surface area contributed by atoms with Gasteiger partial charge in [-0.1, -0.05) is 6.07 Å². The average molecular weight is 317 g/mol. The molecule has 0 unspecified atom stereocenters. The number of hydrogen-bond donors (Lipinski definition) is 0. The number of carbonyl (C=O) groups is 1. The maximum Gasteiger partial charge on any atom is 0.272 e. The zero-order valence-electron chi connectivity index (χ0n) is 13.7. The van der Waals surface area contributed by atoms with E-state index in [2.05, 4.69) is 28.9 Å². The van der Waals surface area contributed by atoms with Crippen molar-refractivity contribution < 1.29 is 4.79 Å². The third kappa shape index (κ3) is 4.64. The minimum Gasteiger partial charge on any atom is -0.331 e. The van der Waals surface area contributed by atoms with Gasteiger partial charge in [-0.15, -0.1) is 11.3 Å². The van der Waals surface area contributed by atoms with Crippen LogP contribution in [0.3, 0.4) is 0 Å². The molecule has 2 aromatic heterocycles. The number of likely N-dealkylation sites (N-methyl/N-ethyl adjacent to an activating group) is 1. The summed E-state index contributed by atoms with van der Waals surface area (Å²) in [6.45, 7) is 6.16. The summed E-state index contributed by atoms with van der Waals surface area (Å²) in [6, 6.07) is 9.77. The van der Waals surface area contributed by atoms with Crippen LogP contribution in [-0.2, 0) is 6.54 Å². The van der Waals surface area contributed by atoms with Gasteiger partial charge in [0.1, 0.15) is 5.69 Å². The molecule has 22 heavy (non-hydrogen) atoms. The van der Waals surface area contributed by atoms with Crippen LogP contribution in [0.2, 0.25) is 0 Å². The molecule has 2 rings (SSSR count). The van der Waals surface area contributed by atoms with Crippen LogP contribution in [0.4, 0.5) is 0 Å². The fourth-order valence-electron chi connectivity index (χ4n) is 2.16. The summed E-state index contributed by atoms with van der Waals surface area (Å²) in [4.78, 5) is 23.6. The molecule has 0 N–H and O–H groups in total. The molecule has 118 valence electrons. The Bertz CT molecular complexity index is 636. The van der Waals surface area contributed by atoms with Gasteiger partial charge in [-0.05, 0) is 52.2 Å². The van der Waals surface area contributed by atoms with Crippen LogP contribution >= 0.6 is 11.3 Å². The summed E-state index contributed by atoms with van der Waals surface area (Å²) in [6.07, 6.45) is 0. The number of thiophene rings is 1. The third-order valence-corrected chi connectivity index (χ3v) is 4.34. The zero-order chi connectivity index (χ0) is 16.1. The second kappa shape index (κ2) is 7.51. The van der Waals surface area contributed by atoms with E-state index in [4.69, 9.17) is 0 Å². The number of nitrogens with zero attached hydrogens (tertiary/aromatic N) is 3. The van der Waals surface area contributed by atoms with Gasteiger partial charge in [0.15, 0.2) is 0 Å². The van der Waals surface area contributed by atoms with Crippen LogP contribution in [0.5, 0.6) is 0 Å². The highest BCUT2D eigenvalue weighted by Crippen LogP contribution is 2.18. The van der Waals surface area contributed by atoms with E-state index in [1.807, 2.05) is 38.1 Å². The number of amides is 1. The maximum atomic E-state index is 12.8. The minimum atomic E-state index is -0.00315. The van der Waals surface area contributed by atoms with Gasteiger partial charge in [0, 0.05) is 28.5 Å². The van der Waals surface area contributed by atoms with Crippen molar-refractivity contribution in [1.82, 2.24) is 14.8 Å². The van der Waals surface area contributed by atoms with E-state index < -0.39 is 0 Å². The maximum absolute atomic E-state index is 12.8. The molecule has 4 nitrogen and oxygen atoms in total. The van der Waals surface area contributed by atoms with Crippen LogP contribution in [0.25, 0.3) is 0 Å². The van der Waals surface area contributed by atoms with E-state index in [1.54, 1.807) is 17.4 Å². The van der Waals surface area contributed by atoms with Crippen LogP contribution in [-0.4, -0.2) is 47.9 Å². The monoisotopic (exact) mass is 317 g/mol. The number of hydrogen-bond acceptors (Lipinski definition) is 4. The molecule has 1 amide bonds. The number of rotatable bonds is 6. The summed E-state index contributed by atoms with van der Waals surface area (Å²) in [5.41, 5.74) is 1.39. The van der Waals surface area contributed by atoms with E-state index in [9.17, 15) is 4.79 Å². The second-order valence-corrected chi connectivity index (χ2v) is 7.08. The lowest BCUT2D eigenvalue weighted by Crippen LogP contribution is -2.36. The molecule has 0 aromatic carbocycles. The summed E-state index contributed by atoms with van der Waals surface area (Å²) in [5.74, 6) is -0.00315. The third-order valence-electron chi connectivity index (χ3n) is 3.35. The highest BCUT2D eigenvalue weighted by atomic mass is 32.1. The zero-order valence-corrected chi connectivity index (χ0v) is 14.5. The molecular weight excluding hydrogens is 294 g/mol. The Labute approximate surface area is 136 Å². The first kappa shape index (κ1) is 16.6. The highest BCUT2D eigenvalue weighted by Gasteiger charge is 2.18. The number of aromatic nitrogens is 1. The number of carbonyl (C=O) groups excluding carboxylic acids is 1. The van der Waals surface area contributed by atoms with E-state index in [0.717, 1.165) is 12.2 Å². The predicted octanol–water partition coefficient (Wildman–Crippen LogP) is 2.96. The first-order valence-corrected chi connectivity index (χ1v) is 8.20. The van der Waals surface area contributed by atoms with Crippen molar-refractivity contribution in [3.8, 4) is 0 Å². The molecule has 0 aliphatic heterocycles. The minimum absolute atomic E-state index is 0.00315. The molecule has 0 atom stereocenters. The molecule has 0 aliphatic rings. The topological polar surface area (TPSA) is 36.4 Å². The van der Waals surface area contributed by atoms with Crippen molar-refractivity contribution in [2.45, 2.75) is 20.4 Å². The Hall–Kier alpha value is -1.72. The summed E-state index contributed by atoms with van der Waals surface area (Å²) in [5, 5.41) is 0. The fraction of sp³-hybridized carbons (Fsp3) is 0.412. The van der Waals surface area contributed by atoms with Crippen molar-refractivity contribution in [3.63, 3.8) is 0 Å². The predicted molar refractivity (Wildman–Crippen MR) is 91.3 cm³/mol. The molecule has 5 heteroatoms. The molecule has 0 saturated carbocycles. The van der Waals surface area contributed by atoms with Gasteiger partial charge in [0.05, 0.1) is 6.54 Å². The van der Waals surface area contributed by atoms with Gasteiger partial charge in [-0.3, -0.25) is 4.79 Å². The standard InChI is InChI=1S/C17H23N3OS/c1-13-6-5-7-16(18-13)17(21)20(11-10-19(3)4)12-15-9-8-14(2)22-15/h5-9H,10-12H2,1-4H3. The largest absolute Gasteiger partial charge is 0.331 e. The van der Waals surface area contributed by atoms with Crippen molar-refractivity contribution >= 4 is 17.2 Å². The Morgan fingerprint density at radius 1 is 1.14 bits per heavy atom. The van der Waals surface area contributed by atoms with Crippen LogP contribution in [0.1, 0.15) is 25.9 Å². The van der Waals surface area contributed by atoms with E-state index in [-0.39, 0.29) is 5.91 Å². The number of aryl methyl sites for hydroxylation is 2. The Morgan fingerprint density at radius 2 is 1.91 bits per heavy atom. The normalized spacial score (nSPS) is 11.0. The van der Waals surface area contributed by atoms with Crippen LogP contribution in [0.15, 0.2) is 30.3 Å². The van der Waals surface area contributed by atoms with Crippen molar-refractivity contribution in [1.29, 1.82) is 0 Å². The molecule has 2 heterocycles. The quantitative estimate of drug-likeness (QED) is 0.822. The molecule has 0 fully saturated rings. The molecule has 2 aromatic rings. The Morgan fingerprint density at radius 3 is 2.50 bits per heavy atom. The average Bonchev–Trinajstić information content (AvgIpc) is 2.88. The van der Waals surface area contributed by atoms with Crippen molar-refractivity contribution in [2.75, 3.05) is 27.2 Å². The lowest BCUT2D eigenvalue weighted by atomic mass is 10.2. The lowest BCUT2D eigenvalue weighted by Gasteiger charge is -2.23. The van der Waals surface area contributed by atoms with E-state index in [0.29, 0.717) is 18.8 Å². The Balaban J connectivity index is 2.17. The summed E-state index contributed by atoms with van der Waals surface area (Å²) in [7, 11) is 4.03. The first-order chi connectivity index (χ1) is 10.5.